The Kier molecular flexibility index (Phi) is 3.79. The van der Waals surface area contributed by atoms with Crippen molar-refractivity contribution in [2.24, 2.45) is 5.41 Å². The molecule has 94 valence electrons. The van der Waals surface area contributed by atoms with Gasteiger partial charge < -0.3 is 5.73 Å². The Morgan fingerprint density at radius 1 is 1.41 bits per heavy atom. The summed E-state index contributed by atoms with van der Waals surface area (Å²) in [6.07, 6.45) is 2.64. The van der Waals surface area contributed by atoms with Gasteiger partial charge in [0.25, 0.3) is 0 Å². The fraction of sp³-hybridized carbons (Fsp3) is 0.571. The van der Waals surface area contributed by atoms with Gasteiger partial charge in [0.05, 0.1) is 0 Å². The number of nitrogen functional groups attached to an aromatic ring is 1. The minimum Gasteiger partial charge on any atom is -0.398 e. The van der Waals surface area contributed by atoms with E-state index in [9.17, 15) is 0 Å². The predicted molar refractivity (Wildman–Crippen MR) is 76.8 cm³/mol. The van der Waals surface area contributed by atoms with Crippen LogP contribution >= 0.6 is 15.9 Å². The summed E-state index contributed by atoms with van der Waals surface area (Å²) in [7, 11) is 0. The maximum Gasteiger partial charge on any atom is 0.0461 e. The lowest BCUT2D eigenvalue weighted by atomic mass is 9.84. The zero-order valence-electron chi connectivity index (χ0n) is 10.7. The molecule has 1 aliphatic rings. The number of hydrogen-bond acceptors (Lipinski definition) is 2. The van der Waals surface area contributed by atoms with Crippen molar-refractivity contribution in [3.63, 3.8) is 0 Å². The Morgan fingerprint density at radius 3 is 2.82 bits per heavy atom. The highest BCUT2D eigenvalue weighted by Crippen LogP contribution is 2.29. The lowest BCUT2D eigenvalue weighted by Gasteiger charge is -2.38. The van der Waals surface area contributed by atoms with Gasteiger partial charge in [0.1, 0.15) is 0 Å². The minimum absolute atomic E-state index is 0.457. The van der Waals surface area contributed by atoms with Gasteiger partial charge >= 0.3 is 0 Å². The maximum atomic E-state index is 5.91. The first kappa shape index (κ1) is 12.9. The molecule has 0 unspecified atom stereocenters. The van der Waals surface area contributed by atoms with Gasteiger partial charge in [0, 0.05) is 23.2 Å². The van der Waals surface area contributed by atoms with Gasteiger partial charge in [-0.25, -0.2) is 0 Å². The maximum absolute atomic E-state index is 5.91. The highest BCUT2D eigenvalue weighted by atomic mass is 79.9. The SMILES string of the molecule is CC1(C)CCCN(Cc2ccc(Br)c(N)c2)C1. The molecule has 0 saturated carbocycles. The van der Waals surface area contributed by atoms with Crippen LogP contribution in [-0.2, 0) is 6.54 Å². The van der Waals surface area contributed by atoms with E-state index < -0.39 is 0 Å². The molecule has 0 aromatic heterocycles. The van der Waals surface area contributed by atoms with Gasteiger partial charge in [-0.15, -0.1) is 0 Å². The Morgan fingerprint density at radius 2 is 2.18 bits per heavy atom. The number of piperidine rings is 1. The van der Waals surface area contributed by atoms with Crippen LogP contribution in [0.25, 0.3) is 0 Å². The highest BCUT2D eigenvalue weighted by molar-refractivity contribution is 9.10. The van der Waals surface area contributed by atoms with Gasteiger partial charge in [0.2, 0.25) is 0 Å². The third kappa shape index (κ3) is 3.46. The van der Waals surface area contributed by atoms with Crippen molar-refractivity contribution < 1.29 is 0 Å². The van der Waals surface area contributed by atoms with Gasteiger partial charge in [-0.3, -0.25) is 4.90 Å². The van der Waals surface area contributed by atoms with Crippen molar-refractivity contribution in [3.8, 4) is 0 Å². The average molecular weight is 297 g/mol. The molecule has 17 heavy (non-hydrogen) atoms. The van der Waals surface area contributed by atoms with Gasteiger partial charge in [0.15, 0.2) is 0 Å². The van der Waals surface area contributed by atoms with Crippen molar-refractivity contribution in [2.45, 2.75) is 33.2 Å². The van der Waals surface area contributed by atoms with Crippen LogP contribution in [0.2, 0.25) is 0 Å². The van der Waals surface area contributed by atoms with Crippen LogP contribution in [-0.4, -0.2) is 18.0 Å². The fourth-order valence-electron chi connectivity index (χ4n) is 2.63. The van der Waals surface area contributed by atoms with Crippen molar-refractivity contribution in [1.82, 2.24) is 4.90 Å². The largest absolute Gasteiger partial charge is 0.398 e. The van der Waals surface area contributed by atoms with Crippen LogP contribution in [0.3, 0.4) is 0 Å². The average Bonchev–Trinajstić information content (AvgIpc) is 2.22. The van der Waals surface area contributed by atoms with Gasteiger partial charge in [-0.2, -0.15) is 0 Å². The fourth-order valence-corrected chi connectivity index (χ4v) is 2.88. The third-order valence-electron chi connectivity index (χ3n) is 3.45. The molecule has 0 atom stereocenters. The van der Waals surface area contributed by atoms with Crippen LogP contribution in [0.4, 0.5) is 5.69 Å². The molecule has 0 aliphatic carbocycles. The van der Waals surface area contributed by atoms with E-state index in [1.165, 1.54) is 31.5 Å². The topological polar surface area (TPSA) is 29.3 Å². The first-order valence-corrected chi connectivity index (χ1v) is 7.02. The molecular weight excluding hydrogens is 276 g/mol. The molecule has 1 fully saturated rings. The molecule has 1 aromatic rings. The molecule has 0 spiro atoms. The predicted octanol–water partition coefficient (Wildman–Crippen LogP) is 3.65. The quantitative estimate of drug-likeness (QED) is 0.844. The van der Waals surface area contributed by atoms with Crippen LogP contribution in [0.5, 0.6) is 0 Å². The van der Waals surface area contributed by atoms with Crippen LogP contribution in [0, 0.1) is 5.41 Å². The van der Waals surface area contributed by atoms with E-state index in [0.717, 1.165) is 16.7 Å². The van der Waals surface area contributed by atoms with Gasteiger partial charge in [-0.1, -0.05) is 19.9 Å². The summed E-state index contributed by atoms with van der Waals surface area (Å²) in [5.74, 6) is 0. The smallest absolute Gasteiger partial charge is 0.0461 e. The summed E-state index contributed by atoms with van der Waals surface area (Å²) in [5, 5.41) is 0. The number of halogens is 1. The van der Waals surface area contributed by atoms with Crippen molar-refractivity contribution in [2.75, 3.05) is 18.8 Å². The molecule has 1 heterocycles. The van der Waals surface area contributed by atoms with E-state index in [4.69, 9.17) is 5.73 Å². The molecule has 1 aromatic carbocycles. The van der Waals surface area contributed by atoms with Crippen molar-refractivity contribution >= 4 is 21.6 Å². The standard InChI is InChI=1S/C14H21BrN2/c1-14(2)6-3-7-17(10-14)9-11-4-5-12(15)13(16)8-11/h4-5,8H,3,6-7,9-10,16H2,1-2H3. The van der Waals surface area contributed by atoms with Crippen molar-refractivity contribution in [3.05, 3.63) is 28.2 Å². The van der Waals surface area contributed by atoms with E-state index in [2.05, 4.69) is 46.8 Å². The van der Waals surface area contributed by atoms with E-state index in [-0.39, 0.29) is 0 Å². The lowest BCUT2D eigenvalue weighted by Crippen LogP contribution is -2.39. The van der Waals surface area contributed by atoms with E-state index in [0.29, 0.717) is 5.41 Å². The Labute approximate surface area is 112 Å². The molecule has 0 amide bonds. The molecule has 3 heteroatoms. The molecule has 2 rings (SSSR count). The highest BCUT2D eigenvalue weighted by Gasteiger charge is 2.26. The Hall–Kier alpha value is -0.540. The Bertz CT molecular complexity index is 401. The Balaban J connectivity index is 2.03. The second kappa shape index (κ2) is 4.99. The monoisotopic (exact) mass is 296 g/mol. The number of nitrogens with two attached hydrogens (primary N) is 1. The normalized spacial score (nSPS) is 20.4. The summed E-state index contributed by atoms with van der Waals surface area (Å²) in [6.45, 7) is 8.12. The number of hydrogen-bond donors (Lipinski definition) is 1. The third-order valence-corrected chi connectivity index (χ3v) is 4.17. The minimum atomic E-state index is 0.457. The molecule has 2 nitrogen and oxygen atoms in total. The number of nitrogens with zero attached hydrogens (tertiary/aromatic N) is 1. The second-order valence-corrected chi connectivity index (χ2v) is 6.69. The van der Waals surface area contributed by atoms with Crippen LogP contribution < -0.4 is 5.73 Å². The summed E-state index contributed by atoms with van der Waals surface area (Å²) >= 11 is 3.43. The number of anilines is 1. The number of rotatable bonds is 2. The van der Waals surface area contributed by atoms with Crippen LogP contribution in [0.1, 0.15) is 32.3 Å². The van der Waals surface area contributed by atoms with E-state index >= 15 is 0 Å². The first-order chi connectivity index (χ1) is 7.96. The summed E-state index contributed by atoms with van der Waals surface area (Å²) in [5.41, 5.74) is 8.51. The zero-order valence-corrected chi connectivity index (χ0v) is 12.3. The molecular formula is C14H21BrN2. The van der Waals surface area contributed by atoms with E-state index in [1.54, 1.807) is 0 Å². The summed E-state index contributed by atoms with van der Waals surface area (Å²) in [4.78, 5) is 2.53. The summed E-state index contributed by atoms with van der Waals surface area (Å²) in [6, 6.07) is 6.27. The number of benzene rings is 1. The van der Waals surface area contributed by atoms with Crippen molar-refractivity contribution in [1.29, 1.82) is 0 Å². The first-order valence-electron chi connectivity index (χ1n) is 6.23. The molecule has 1 aliphatic heterocycles. The van der Waals surface area contributed by atoms with Crippen LogP contribution in [0.15, 0.2) is 22.7 Å². The zero-order chi connectivity index (χ0) is 12.5. The van der Waals surface area contributed by atoms with E-state index in [1.807, 2.05) is 6.07 Å². The lowest BCUT2D eigenvalue weighted by molar-refractivity contribution is 0.112. The molecule has 0 bridgehead atoms. The molecule has 2 N–H and O–H groups in total. The molecule has 1 saturated heterocycles. The number of likely N-dealkylation sites (tertiary alicyclic amines) is 1. The second-order valence-electron chi connectivity index (χ2n) is 5.83. The van der Waals surface area contributed by atoms with Gasteiger partial charge in [-0.05, 0) is 58.4 Å². The summed E-state index contributed by atoms with van der Waals surface area (Å²) < 4.78 is 0.986. The molecule has 0 radical (unpaired) electrons.